The third kappa shape index (κ3) is 3.77. The number of benzene rings is 1. The van der Waals surface area contributed by atoms with E-state index in [9.17, 15) is 4.79 Å². The van der Waals surface area contributed by atoms with E-state index in [0.29, 0.717) is 13.0 Å². The van der Waals surface area contributed by atoms with Gasteiger partial charge in [0.2, 0.25) is 5.91 Å². The summed E-state index contributed by atoms with van der Waals surface area (Å²) >= 11 is 0. The van der Waals surface area contributed by atoms with Crippen LogP contribution in [-0.4, -0.2) is 5.91 Å². The fraction of sp³-hybridized carbons (Fsp3) is 0.267. The van der Waals surface area contributed by atoms with Crippen molar-refractivity contribution in [1.82, 2.24) is 5.32 Å². The molecular weight excluding hydrogens is 226 g/mol. The first-order valence-corrected chi connectivity index (χ1v) is 6.08. The van der Waals surface area contributed by atoms with Crippen molar-refractivity contribution in [3.63, 3.8) is 0 Å². The van der Waals surface area contributed by atoms with E-state index in [1.165, 1.54) is 11.1 Å². The van der Waals surface area contributed by atoms with Crippen LogP contribution >= 0.6 is 0 Å². The van der Waals surface area contributed by atoms with Crippen LogP contribution in [-0.2, 0) is 17.8 Å². The van der Waals surface area contributed by atoms with E-state index >= 15 is 0 Å². The highest BCUT2D eigenvalue weighted by Crippen LogP contribution is 2.06. The summed E-state index contributed by atoms with van der Waals surface area (Å²) in [6.07, 6.45) is 2.88. The van der Waals surface area contributed by atoms with Gasteiger partial charge in [-0.1, -0.05) is 29.8 Å². The summed E-state index contributed by atoms with van der Waals surface area (Å²) < 4.78 is 5.15. The molecule has 94 valence electrons. The van der Waals surface area contributed by atoms with Crippen LogP contribution in [0.1, 0.15) is 23.3 Å². The Balaban J connectivity index is 1.75. The van der Waals surface area contributed by atoms with Crippen molar-refractivity contribution in [3.8, 4) is 0 Å². The molecule has 0 fully saturated rings. The van der Waals surface area contributed by atoms with Crippen LogP contribution in [0.3, 0.4) is 0 Å². The minimum atomic E-state index is 0.0490. The number of carbonyl (C=O) groups excluding carboxylic acids is 1. The number of hydrogen-bond donors (Lipinski definition) is 1. The van der Waals surface area contributed by atoms with E-state index in [1.807, 2.05) is 24.3 Å². The van der Waals surface area contributed by atoms with Gasteiger partial charge < -0.3 is 9.73 Å². The van der Waals surface area contributed by atoms with Gasteiger partial charge in [0.1, 0.15) is 5.76 Å². The number of furan rings is 1. The fourth-order valence-electron chi connectivity index (χ4n) is 1.81. The van der Waals surface area contributed by atoms with Crippen LogP contribution in [0.4, 0.5) is 0 Å². The zero-order chi connectivity index (χ0) is 12.8. The van der Waals surface area contributed by atoms with Gasteiger partial charge in [0.25, 0.3) is 0 Å². The molecule has 1 heterocycles. The van der Waals surface area contributed by atoms with Gasteiger partial charge in [0.05, 0.1) is 12.8 Å². The summed E-state index contributed by atoms with van der Waals surface area (Å²) in [4.78, 5) is 11.6. The van der Waals surface area contributed by atoms with Crippen LogP contribution in [0.2, 0.25) is 0 Å². The third-order valence-electron chi connectivity index (χ3n) is 2.76. The highest BCUT2D eigenvalue weighted by molar-refractivity contribution is 5.76. The van der Waals surface area contributed by atoms with Gasteiger partial charge in [0, 0.05) is 6.42 Å². The Labute approximate surface area is 107 Å². The average molecular weight is 243 g/mol. The molecule has 3 nitrogen and oxygen atoms in total. The lowest BCUT2D eigenvalue weighted by Gasteiger charge is -2.04. The zero-order valence-corrected chi connectivity index (χ0v) is 10.5. The molecule has 3 heteroatoms. The molecule has 1 N–H and O–H groups in total. The molecule has 2 aromatic rings. The Hall–Kier alpha value is -2.03. The molecule has 0 bridgehead atoms. The first-order valence-electron chi connectivity index (χ1n) is 6.08. The minimum Gasteiger partial charge on any atom is -0.467 e. The lowest BCUT2D eigenvalue weighted by Crippen LogP contribution is -2.22. The molecule has 1 amide bonds. The molecule has 0 aliphatic rings. The van der Waals surface area contributed by atoms with Gasteiger partial charge in [-0.3, -0.25) is 4.79 Å². The molecule has 0 spiro atoms. The third-order valence-corrected chi connectivity index (χ3v) is 2.76. The largest absolute Gasteiger partial charge is 0.467 e. The molecule has 2 rings (SSSR count). The van der Waals surface area contributed by atoms with E-state index in [-0.39, 0.29) is 5.91 Å². The monoisotopic (exact) mass is 243 g/mol. The van der Waals surface area contributed by atoms with Crippen molar-refractivity contribution < 1.29 is 9.21 Å². The topological polar surface area (TPSA) is 42.2 Å². The Kier molecular flexibility index (Phi) is 4.18. The van der Waals surface area contributed by atoms with Gasteiger partial charge in [-0.2, -0.15) is 0 Å². The van der Waals surface area contributed by atoms with Gasteiger partial charge in [-0.15, -0.1) is 0 Å². The maximum atomic E-state index is 11.6. The van der Waals surface area contributed by atoms with Crippen molar-refractivity contribution in [3.05, 3.63) is 59.5 Å². The summed E-state index contributed by atoms with van der Waals surface area (Å²) in [5.41, 5.74) is 2.42. The van der Waals surface area contributed by atoms with Gasteiger partial charge in [-0.05, 0) is 31.0 Å². The predicted octanol–water partition coefficient (Wildman–Crippen LogP) is 2.84. The lowest BCUT2D eigenvalue weighted by molar-refractivity contribution is -0.121. The quantitative estimate of drug-likeness (QED) is 0.877. The van der Waals surface area contributed by atoms with Crippen LogP contribution in [0.25, 0.3) is 0 Å². The van der Waals surface area contributed by atoms with Gasteiger partial charge >= 0.3 is 0 Å². The maximum Gasteiger partial charge on any atom is 0.220 e. The number of nitrogens with one attached hydrogen (secondary N) is 1. The molecule has 1 aromatic carbocycles. The molecule has 1 aromatic heterocycles. The zero-order valence-electron chi connectivity index (χ0n) is 10.5. The Bertz CT molecular complexity index is 503. The minimum absolute atomic E-state index is 0.0490. The average Bonchev–Trinajstić information content (AvgIpc) is 2.87. The van der Waals surface area contributed by atoms with E-state index < -0.39 is 0 Å². The molecule has 0 aliphatic heterocycles. The van der Waals surface area contributed by atoms with Crippen molar-refractivity contribution in [2.45, 2.75) is 26.3 Å². The summed E-state index contributed by atoms with van der Waals surface area (Å²) in [5.74, 6) is 0.826. The Morgan fingerprint density at radius 3 is 2.89 bits per heavy atom. The smallest absolute Gasteiger partial charge is 0.220 e. The van der Waals surface area contributed by atoms with Gasteiger partial charge in [-0.25, -0.2) is 0 Å². The second kappa shape index (κ2) is 6.05. The molecule has 0 radical (unpaired) electrons. The predicted molar refractivity (Wildman–Crippen MR) is 70.1 cm³/mol. The second-order valence-corrected chi connectivity index (χ2v) is 4.35. The van der Waals surface area contributed by atoms with Crippen molar-refractivity contribution in [2.24, 2.45) is 0 Å². The molecular formula is C15H17NO2. The van der Waals surface area contributed by atoms with Gasteiger partial charge in [0.15, 0.2) is 0 Å². The molecule has 0 atom stereocenters. The summed E-state index contributed by atoms with van der Waals surface area (Å²) in [5, 5.41) is 2.84. The highest BCUT2D eigenvalue weighted by Gasteiger charge is 2.03. The molecule has 0 unspecified atom stereocenters. The molecule has 18 heavy (non-hydrogen) atoms. The maximum absolute atomic E-state index is 11.6. The van der Waals surface area contributed by atoms with E-state index in [2.05, 4.69) is 24.4 Å². The SMILES string of the molecule is Cc1cccc(CCC(=O)NCc2ccco2)c1. The molecule has 0 saturated carbocycles. The van der Waals surface area contributed by atoms with Crippen molar-refractivity contribution in [1.29, 1.82) is 0 Å². The Morgan fingerprint density at radius 1 is 1.28 bits per heavy atom. The molecule has 0 aliphatic carbocycles. The second-order valence-electron chi connectivity index (χ2n) is 4.35. The summed E-state index contributed by atoms with van der Waals surface area (Å²) in [6, 6.07) is 11.9. The van der Waals surface area contributed by atoms with E-state index in [0.717, 1.165) is 12.2 Å². The number of carbonyl (C=O) groups is 1. The number of hydrogen-bond acceptors (Lipinski definition) is 2. The van der Waals surface area contributed by atoms with Crippen molar-refractivity contribution >= 4 is 5.91 Å². The summed E-state index contributed by atoms with van der Waals surface area (Å²) in [7, 11) is 0. The van der Waals surface area contributed by atoms with Crippen LogP contribution in [0, 0.1) is 6.92 Å². The number of rotatable bonds is 5. The van der Waals surface area contributed by atoms with E-state index in [4.69, 9.17) is 4.42 Å². The fourth-order valence-corrected chi connectivity index (χ4v) is 1.81. The lowest BCUT2D eigenvalue weighted by atomic mass is 10.1. The standard InChI is InChI=1S/C15H17NO2/c1-12-4-2-5-13(10-12)7-8-15(17)16-11-14-6-3-9-18-14/h2-6,9-10H,7-8,11H2,1H3,(H,16,17). The first kappa shape index (κ1) is 12.4. The van der Waals surface area contributed by atoms with Crippen LogP contribution < -0.4 is 5.32 Å². The highest BCUT2D eigenvalue weighted by atomic mass is 16.3. The Morgan fingerprint density at radius 2 is 2.17 bits per heavy atom. The van der Waals surface area contributed by atoms with E-state index in [1.54, 1.807) is 6.26 Å². The van der Waals surface area contributed by atoms with Crippen molar-refractivity contribution in [2.75, 3.05) is 0 Å². The van der Waals surface area contributed by atoms with Crippen LogP contribution in [0.5, 0.6) is 0 Å². The normalized spacial score (nSPS) is 10.3. The first-order chi connectivity index (χ1) is 8.74. The number of aryl methyl sites for hydroxylation is 2. The molecule has 0 saturated heterocycles. The number of amides is 1. The van der Waals surface area contributed by atoms with Crippen LogP contribution in [0.15, 0.2) is 47.1 Å². The summed E-state index contributed by atoms with van der Waals surface area (Å²) in [6.45, 7) is 2.51.